The van der Waals surface area contributed by atoms with Crippen molar-refractivity contribution >= 4 is 17.5 Å². The lowest BCUT2D eigenvalue weighted by Gasteiger charge is -2.21. The van der Waals surface area contributed by atoms with Crippen molar-refractivity contribution in [2.24, 2.45) is 7.05 Å². The predicted molar refractivity (Wildman–Crippen MR) is 89.1 cm³/mol. The first-order valence-electron chi connectivity index (χ1n) is 7.49. The molecule has 0 fully saturated rings. The first-order valence-corrected chi connectivity index (χ1v) is 7.86. The van der Waals surface area contributed by atoms with Crippen LogP contribution in [0, 0.1) is 0 Å². The minimum Gasteiger partial charge on any atom is -0.467 e. The Kier molecular flexibility index (Phi) is 4.96. The molecule has 3 heterocycles. The zero-order chi connectivity index (χ0) is 16.9. The van der Waals surface area contributed by atoms with Crippen molar-refractivity contribution in [3.8, 4) is 0 Å². The number of amides is 1. The quantitative estimate of drug-likeness (QED) is 0.689. The Morgan fingerprint density at radius 3 is 2.83 bits per heavy atom. The molecule has 0 aliphatic heterocycles. The molecule has 0 atom stereocenters. The van der Waals surface area contributed by atoms with Crippen LogP contribution in [-0.2, 0) is 31.4 Å². The van der Waals surface area contributed by atoms with E-state index in [9.17, 15) is 4.79 Å². The Bertz CT molecular complexity index is 799. The number of rotatable bonds is 6. The zero-order valence-electron chi connectivity index (χ0n) is 13.2. The minimum atomic E-state index is -0.0508. The predicted octanol–water partition coefficient (Wildman–Crippen LogP) is 2.83. The van der Waals surface area contributed by atoms with E-state index in [1.165, 1.54) is 0 Å². The van der Waals surface area contributed by atoms with Crippen LogP contribution in [0.4, 0.5) is 0 Å². The first kappa shape index (κ1) is 16.3. The van der Waals surface area contributed by atoms with Crippen LogP contribution in [0.2, 0.25) is 5.15 Å². The number of carbonyl (C=O) groups is 1. The largest absolute Gasteiger partial charge is 0.467 e. The van der Waals surface area contributed by atoms with Crippen LogP contribution in [-0.4, -0.2) is 25.6 Å². The van der Waals surface area contributed by atoms with Crippen molar-refractivity contribution in [1.82, 2.24) is 19.7 Å². The van der Waals surface area contributed by atoms with Gasteiger partial charge in [-0.15, -0.1) is 0 Å². The summed E-state index contributed by atoms with van der Waals surface area (Å²) < 4.78 is 6.98. The van der Waals surface area contributed by atoms with E-state index in [0.29, 0.717) is 23.8 Å². The highest BCUT2D eigenvalue weighted by atomic mass is 35.5. The number of aromatic nitrogens is 3. The van der Waals surface area contributed by atoms with Gasteiger partial charge < -0.3 is 9.32 Å². The Morgan fingerprint density at radius 1 is 1.33 bits per heavy atom. The summed E-state index contributed by atoms with van der Waals surface area (Å²) in [6.07, 6.45) is 7.00. The van der Waals surface area contributed by atoms with Crippen molar-refractivity contribution in [2.75, 3.05) is 0 Å². The van der Waals surface area contributed by atoms with Gasteiger partial charge >= 0.3 is 0 Å². The number of hydrogen-bond acceptors (Lipinski definition) is 4. The molecule has 3 aromatic heterocycles. The van der Waals surface area contributed by atoms with Crippen molar-refractivity contribution in [3.05, 3.63) is 71.2 Å². The van der Waals surface area contributed by atoms with Crippen molar-refractivity contribution in [3.63, 3.8) is 0 Å². The molecule has 0 saturated carbocycles. The van der Waals surface area contributed by atoms with Crippen LogP contribution < -0.4 is 0 Å². The molecule has 1 amide bonds. The molecule has 0 aliphatic carbocycles. The summed E-state index contributed by atoms with van der Waals surface area (Å²) in [7, 11) is 1.77. The van der Waals surface area contributed by atoms with Crippen LogP contribution in [0.1, 0.15) is 16.9 Å². The fourth-order valence-corrected chi connectivity index (χ4v) is 2.67. The molecule has 0 aliphatic rings. The molecule has 3 aromatic rings. The second-order valence-corrected chi connectivity index (χ2v) is 5.84. The second kappa shape index (κ2) is 7.31. The number of halogens is 1. The average molecular weight is 345 g/mol. The van der Waals surface area contributed by atoms with Crippen molar-refractivity contribution in [1.29, 1.82) is 0 Å². The van der Waals surface area contributed by atoms with E-state index in [4.69, 9.17) is 16.0 Å². The Hall–Kier alpha value is -2.60. The van der Waals surface area contributed by atoms with E-state index in [-0.39, 0.29) is 12.3 Å². The van der Waals surface area contributed by atoms with Gasteiger partial charge in [-0.25, -0.2) is 0 Å². The normalized spacial score (nSPS) is 10.8. The van der Waals surface area contributed by atoms with E-state index in [2.05, 4.69) is 10.1 Å². The van der Waals surface area contributed by atoms with Gasteiger partial charge in [-0.3, -0.25) is 14.5 Å². The lowest BCUT2D eigenvalue weighted by atomic mass is 10.2. The first-order chi connectivity index (χ1) is 11.6. The number of furan rings is 1. The van der Waals surface area contributed by atoms with E-state index in [1.807, 2.05) is 18.2 Å². The molecule has 124 valence electrons. The molecule has 0 saturated heterocycles. The van der Waals surface area contributed by atoms with Gasteiger partial charge in [-0.05, 0) is 23.8 Å². The van der Waals surface area contributed by atoms with Gasteiger partial charge in [0, 0.05) is 37.7 Å². The molecule has 0 N–H and O–H groups in total. The molecule has 6 nitrogen and oxygen atoms in total. The molecular weight excluding hydrogens is 328 g/mol. The summed E-state index contributed by atoms with van der Waals surface area (Å²) in [4.78, 5) is 18.6. The lowest BCUT2D eigenvalue weighted by Crippen LogP contribution is -2.31. The van der Waals surface area contributed by atoms with Crippen molar-refractivity contribution < 1.29 is 9.21 Å². The third kappa shape index (κ3) is 4.02. The summed E-state index contributed by atoms with van der Waals surface area (Å²) >= 11 is 6.07. The summed E-state index contributed by atoms with van der Waals surface area (Å²) in [6, 6.07) is 7.44. The van der Waals surface area contributed by atoms with E-state index < -0.39 is 0 Å². The maximum Gasteiger partial charge on any atom is 0.227 e. The van der Waals surface area contributed by atoms with E-state index in [0.717, 1.165) is 11.3 Å². The van der Waals surface area contributed by atoms with Gasteiger partial charge in [0.1, 0.15) is 5.76 Å². The molecule has 0 spiro atoms. The molecular formula is C17H17ClN4O2. The number of hydrogen-bond donors (Lipinski definition) is 0. The fraction of sp³-hybridized carbons (Fsp3) is 0.235. The Balaban J connectivity index is 1.77. The van der Waals surface area contributed by atoms with Crippen LogP contribution in [0.15, 0.2) is 53.5 Å². The number of carbonyl (C=O) groups excluding carboxylic acids is 1. The van der Waals surface area contributed by atoms with Gasteiger partial charge in [0.05, 0.1) is 19.2 Å². The molecule has 0 unspecified atom stereocenters. The summed E-state index contributed by atoms with van der Waals surface area (Å²) in [5, 5.41) is 4.42. The van der Waals surface area contributed by atoms with Gasteiger partial charge in [-0.2, -0.15) is 5.10 Å². The van der Waals surface area contributed by atoms with Crippen LogP contribution >= 0.6 is 11.6 Å². The fourth-order valence-electron chi connectivity index (χ4n) is 2.44. The van der Waals surface area contributed by atoms with Gasteiger partial charge in [0.25, 0.3) is 0 Å². The van der Waals surface area contributed by atoms with Crippen LogP contribution in [0.5, 0.6) is 0 Å². The van der Waals surface area contributed by atoms with Gasteiger partial charge in [0.15, 0.2) is 5.15 Å². The number of aryl methyl sites for hydroxylation is 1. The molecule has 7 heteroatoms. The summed E-state index contributed by atoms with van der Waals surface area (Å²) in [5.74, 6) is 0.676. The third-order valence-corrected chi connectivity index (χ3v) is 3.89. The van der Waals surface area contributed by atoms with Gasteiger partial charge in [0.2, 0.25) is 5.91 Å². The minimum absolute atomic E-state index is 0.0508. The van der Waals surface area contributed by atoms with Crippen LogP contribution in [0.25, 0.3) is 0 Å². The van der Waals surface area contributed by atoms with E-state index in [1.54, 1.807) is 47.5 Å². The molecule has 3 rings (SSSR count). The molecule has 0 aromatic carbocycles. The highest BCUT2D eigenvalue weighted by molar-refractivity contribution is 6.30. The smallest absolute Gasteiger partial charge is 0.227 e. The SMILES string of the molecule is Cn1cc(CC(=O)N(Cc2cccnc2)Cc2ccco2)c(Cl)n1. The maximum atomic E-state index is 12.8. The highest BCUT2D eigenvalue weighted by Gasteiger charge is 2.19. The summed E-state index contributed by atoms with van der Waals surface area (Å²) in [5.41, 5.74) is 1.66. The zero-order valence-corrected chi connectivity index (χ0v) is 14.0. The number of pyridine rings is 1. The lowest BCUT2D eigenvalue weighted by molar-refractivity contribution is -0.132. The second-order valence-electron chi connectivity index (χ2n) is 5.49. The van der Waals surface area contributed by atoms with Crippen LogP contribution in [0.3, 0.4) is 0 Å². The molecule has 24 heavy (non-hydrogen) atoms. The molecule has 0 bridgehead atoms. The maximum absolute atomic E-state index is 12.8. The Morgan fingerprint density at radius 2 is 2.21 bits per heavy atom. The highest BCUT2D eigenvalue weighted by Crippen LogP contribution is 2.17. The number of nitrogens with zero attached hydrogens (tertiary/aromatic N) is 4. The Labute approximate surface area is 144 Å². The average Bonchev–Trinajstić information content (AvgIpc) is 3.17. The van der Waals surface area contributed by atoms with E-state index >= 15 is 0 Å². The third-order valence-electron chi connectivity index (χ3n) is 3.57. The monoisotopic (exact) mass is 344 g/mol. The van der Waals surface area contributed by atoms with Crippen molar-refractivity contribution in [2.45, 2.75) is 19.5 Å². The van der Waals surface area contributed by atoms with Gasteiger partial charge in [-0.1, -0.05) is 17.7 Å². The standard InChI is InChI=1S/C17H17ClN4O2/c1-21-11-14(17(18)20-21)8-16(23)22(12-15-5-3-7-24-15)10-13-4-2-6-19-9-13/h2-7,9,11H,8,10,12H2,1H3. The molecule has 0 radical (unpaired) electrons. The summed E-state index contributed by atoms with van der Waals surface area (Å²) in [6.45, 7) is 0.837. The topological polar surface area (TPSA) is 64.2 Å².